The number of benzene rings is 1. The van der Waals surface area contributed by atoms with Crippen molar-refractivity contribution in [2.45, 2.75) is 12.8 Å². The van der Waals surface area contributed by atoms with Gasteiger partial charge in [0.1, 0.15) is 0 Å². The summed E-state index contributed by atoms with van der Waals surface area (Å²) in [5.74, 6) is 0.233. The van der Waals surface area contributed by atoms with Crippen LogP contribution in [0.4, 0.5) is 5.69 Å². The molecule has 102 valence electrons. The summed E-state index contributed by atoms with van der Waals surface area (Å²) in [7, 11) is 0. The van der Waals surface area contributed by atoms with Crippen LogP contribution in [-0.4, -0.2) is 50.0 Å². The number of piperazine rings is 1. The third-order valence-corrected chi connectivity index (χ3v) is 3.95. The van der Waals surface area contributed by atoms with Crippen LogP contribution in [0.2, 0.25) is 0 Å². The molecule has 0 atom stereocenters. The van der Waals surface area contributed by atoms with Crippen LogP contribution in [-0.2, 0) is 6.42 Å². The summed E-state index contributed by atoms with van der Waals surface area (Å²) in [6.45, 7) is 5.46. The molecule has 0 bridgehead atoms. The summed E-state index contributed by atoms with van der Waals surface area (Å²) < 4.78 is 0. The summed E-state index contributed by atoms with van der Waals surface area (Å²) in [5, 5.41) is 6.69. The Hall–Kier alpha value is -1.39. The molecule has 1 aromatic carbocycles. The number of Topliss-reactive ketones (excluding diaryl/α,β-unsaturated/α-hetero) is 1. The number of carbonyl (C=O) groups is 1. The van der Waals surface area contributed by atoms with E-state index >= 15 is 0 Å². The average molecular weight is 259 g/mol. The number of nitrogens with zero attached hydrogens (tertiary/aromatic N) is 1. The minimum Gasteiger partial charge on any atom is -0.385 e. The van der Waals surface area contributed by atoms with Gasteiger partial charge in [0.15, 0.2) is 5.78 Å². The van der Waals surface area contributed by atoms with Gasteiger partial charge in [-0.3, -0.25) is 9.69 Å². The molecule has 2 aliphatic rings. The van der Waals surface area contributed by atoms with Crippen LogP contribution >= 0.6 is 0 Å². The van der Waals surface area contributed by atoms with E-state index in [2.05, 4.69) is 21.6 Å². The van der Waals surface area contributed by atoms with E-state index in [0.717, 1.165) is 50.4 Å². The summed E-state index contributed by atoms with van der Waals surface area (Å²) >= 11 is 0. The number of hydrogen-bond acceptors (Lipinski definition) is 4. The normalized spacial score (nSPS) is 19.6. The molecule has 19 heavy (non-hydrogen) atoms. The highest BCUT2D eigenvalue weighted by atomic mass is 16.1. The Morgan fingerprint density at radius 2 is 2.05 bits per heavy atom. The van der Waals surface area contributed by atoms with E-state index in [4.69, 9.17) is 0 Å². The maximum atomic E-state index is 12.3. The van der Waals surface area contributed by atoms with Gasteiger partial charge in [0.05, 0.1) is 6.54 Å². The maximum Gasteiger partial charge on any atom is 0.176 e. The van der Waals surface area contributed by atoms with Gasteiger partial charge in [-0.15, -0.1) is 0 Å². The molecule has 1 fully saturated rings. The Balaban J connectivity index is 1.69. The fraction of sp³-hybridized carbons (Fsp3) is 0.533. The van der Waals surface area contributed by atoms with E-state index in [1.165, 1.54) is 12.0 Å². The zero-order valence-corrected chi connectivity index (χ0v) is 11.2. The summed E-state index contributed by atoms with van der Waals surface area (Å²) in [5.41, 5.74) is 3.33. The van der Waals surface area contributed by atoms with Crippen LogP contribution in [0.15, 0.2) is 18.2 Å². The van der Waals surface area contributed by atoms with Crippen molar-refractivity contribution >= 4 is 11.5 Å². The zero-order valence-electron chi connectivity index (χ0n) is 11.2. The Morgan fingerprint density at radius 1 is 1.21 bits per heavy atom. The number of anilines is 1. The molecule has 0 radical (unpaired) electrons. The Labute approximate surface area is 114 Å². The number of ketones is 1. The molecule has 4 nitrogen and oxygen atoms in total. The first-order chi connectivity index (χ1) is 9.33. The topological polar surface area (TPSA) is 44.4 Å². The first-order valence-electron chi connectivity index (χ1n) is 7.16. The van der Waals surface area contributed by atoms with Crippen LogP contribution < -0.4 is 10.6 Å². The zero-order chi connectivity index (χ0) is 13.1. The van der Waals surface area contributed by atoms with Gasteiger partial charge >= 0.3 is 0 Å². The third kappa shape index (κ3) is 2.96. The second kappa shape index (κ2) is 5.72. The molecule has 0 saturated carbocycles. The summed E-state index contributed by atoms with van der Waals surface area (Å²) in [6, 6.07) is 6.11. The second-order valence-corrected chi connectivity index (χ2v) is 5.35. The number of hydrogen-bond donors (Lipinski definition) is 2. The quantitative estimate of drug-likeness (QED) is 0.799. The van der Waals surface area contributed by atoms with E-state index in [9.17, 15) is 4.79 Å². The molecular formula is C15H21N3O. The number of nitrogens with one attached hydrogen (secondary N) is 2. The lowest BCUT2D eigenvalue weighted by Gasteiger charge is -2.26. The molecule has 0 aromatic heterocycles. The van der Waals surface area contributed by atoms with Crippen molar-refractivity contribution < 1.29 is 4.79 Å². The molecule has 3 rings (SSSR count). The smallest absolute Gasteiger partial charge is 0.176 e. The highest BCUT2D eigenvalue weighted by Crippen LogP contribution is 2.23. The average Bonchev–Trinajstić information content (AvgIpc) is 2.48. The monoisotopic (exact) mass is 259 g/mol. The van der Waals surface area contributed by atoms with Crippen molar-refractivity contribution in [2.24, 2.45) is 0 Å². The Bertz CT molecular complexity index is 466. The van der Waals surface area contributed by atoms with Crippen LogP contribution in [0.1, 0.15) is 22.3 Å². The number of carbonyl (C=O) groups excluding carboxylic acids is 1. The lowest BCUT2D eigenvalue weighted by molar-refractivity contribution is 0.0921. The van der Waals surface area contributed by atoms with E-state index in [0.29, 0.717) is 6.54 Å². The third-order valence-electron chi connectivity index (χ3n) is 3.95. The minimum absolute atomic E-state index is 0.233. The molecule has 0 aliphatic carbocycles. The largest absolute Gasteiger partial charge is 0.385 e. The first-order valence-corrected chi connectivity index (χ1v) is 7.16. The van der Waals surface area contributed by atoms with Crippen molar-refractivity contribution in [3.8, 4) is 0 Å². The van der Waals surface area contributed by atoms with Crippen molar-refractivity contribution in [3.05, 3.63) is 29.3 Å². The second-order valence-electron chi connectivity index (χ2n) is 5.35. The van der Waals surface area contributed by atoms with Crippen LogP contribution in [0.5, 0.6) is 0 Å². The number of aryl methyl sites for hydroxylation is 1. The number of rotatable bonds is 3. The summed E-state index contributed by atoms with van der Waals surface area (Å²) in [6.07, 6.45) is 2.30. The SMILES string of the molecule is O=C(CN1CCNCC1)c1ccc2c(c1)NCCC2. The van der Waals surface area contributed by atoms with E-state index in [1.54, 1.807) is 0 Å². The highest BCUT2D eigenvalue weighted by molar-refractivity contribution is 5.98. The lowest BCUT2D eigenvalue weighted by atomic mass is 9.99. The van der Waals surface area contributed by atoms with Crippen molar-refractivity contribution in [1.82, 2.24) is 10.2 Å². The fourth-order valence-corrected chi connectivity index (χ4v) is 2.80. The summed E-state index contributed by atoms with van der Waals surface area (Å²) in [4.78, 5) is 14.5. The minimum atomic E-state index is 0.233. The molecule has 0 amide bonds. The fourth-order valence-electron chi connectivity index (χ4n) is 2.80. The molecule has 2 aliphatic heterocycles. The Morgan fingerprint density at radius 3 is 2.89 bits per heavy atom. The van der Waals surface area contributed by atoms with Gasteiger partial charge in [-0.25, -0.2) is 0 Å². The molecule has 2 heterocycles. The predicted octanol–water partition coefficient (Wildman–Crippen LogP) is 1.13. The molecule has 2 N–H and O–H groups in total. The van der Waals surface area contributed by atoms with Crippen molar-refractivity contribution in [3.63, 3.8) is 0 Å². The maximum absolute atomic E-state index is 12.3. The van der Waals surface area contributed by atoms with Gasteiger partial charge in [-0.1, -0.05) is 12.1 Å². The van der Waals surface area contributed by atoms with E-state index in [1.807, 2.05) is 12.1 Å². The van der Waals surface area contributed by atoms with E-state index in [-0.39, 0.29) is 5.78 Å². The van der Waals surface area contributed by atoms with Crippen molar-refractivity contribution in [2.75, 3.05) is 44.6 Å². The van der Waals surface area contributed by atoms with Gasteiger partial charge in [-0.05, 0) is 24.5 Å². The molecule has 1 saturated heterocycles. The molecule has 0 unspecified atom stereocenters. The van der Waals surface area contributed by atoms with Crippen LogP contribution in [0.3, 0.4) is 0 Å². The standard InChI is InChI=1S/C15H21N3O/c19-15(11-18-8-6-16-7-9-18)13-4-3-12-2-1-5-17-14(12)10-13/h3-4,10,16-17H,1-2,5-9,11H2. The van der Waals surface area contributed by atoms with Gasteiger partial charge in [0.25, 0.3) is 0 Å². The molecule has 0 spiro atoms. The predicted molar refractivity (Wildman–Crippen MR) is 76.9 cm³/mol. The van der Waals surface area contributed by atoms with Gasteiger partial charge in [0, 0.05) is 44.0 Å². The van der Waals surface area contributed by atoms with Gasteiger partial charge in [-0.2, -0.15) is 0 Å². The van der Waals surface area contributed by atoms with Crippen molar-refractivity contribution in [1.29, 1.82) is 0 Å². The van der Waals surface area contributed by atoms with Gasteiger partial charge in [0.2, 0.25) is 0 Å². The van der Waals surface area contributed by atoms with Gasteiger partial charge < -0.3 is 10.6 Å². The molecule has 1 aromatic rings. The van der Waals surface area contributed by atoms with E-state index < -0.39 is 0 Å². The van der Waals surface area contributed by atoms with Crippen LogP contribution in [0, 0.1) is 0 Å². The molecule has 4 heteroatoms. The first kappa shape index (κ1) is 12.6. The van der Waals surface area contributed by atoms with Crippen LogP contribution in [0.25, 0.3) is 0 Å². The lowest BCUT2D eigenvalue weighted by Crippen LogP contribution is -2.45. The Kier molecular flexibility index (Phi) is 3.80. The highest BCUT2D eigenvalue weighted by Gasteiger charge is 2.16. The molecular weight excluding hydrogens is 238 g/mol. The number of fused-ring (bicyclic) bond motifs is 1.